The maximum atomic E-state index is 6.32. The summed E-state index contributed by atoms with van der Waals surface area (Å²) < 4.78 is 0. The molecule has 0 amide bonds. The van der Waals surface area contributed by atoms with Crippen LogP contribution in [0.4, 0.5) is 22.7 Å². The Labute approximate surface area is 170 Å². The maximum absolute atomic E-state index is 6.32. The van der Waals surface area contributed by atoms with Crippen molar-refractivity contribution in [3.63, 3.8) is 0 Å². The van der Waals surface area contributed by atoms with Crippen LogP contribution in [-0.2, 0) is 0 Å². The second-order valence-corrected chi connectivity index (χ2v) is 7.23. The molecule has 0 saturated carbocycles. The fourth-order valence-corrected chi connectivity index (χ4v) is 3.54. The molecule has 0 heterocycles. The Morgan fingerprint density at radius 2 is 1.46 bits per heavy atom. The molecule has 4 rings (SSSR count). The highest BCUT2D eigenvalue weighted by molar-refractivity contribution is 6.30. The quantitative estimate of drug-likeness (QED) is 0.372. The predicted octanol–water partition coefficient (Wildman–Crippen LogP) is 7.37. The summed E-state index contributed by atoms with van der Waals surface area (Å²) in [7, 11) is 0. The molecule has 4 aromatic carbocycles. The van der Waals surface area contributed by atoms with E-state index in [1.54, 1.807) is 0 Å². The molecule has 0 bridgehead atoms. The molecule has 0 aromatic heterocycles. The van der Waals surface area contributed by atoms with Gasteiger partial charge in [-0.2, -0.15) is 0 Å². The van der Waals surface area contributed by atoms with Gasteiger partial charge in [0.1, 0.15) is 0 Å². The lowest BCUT2D eigenvalue weighted by Gasteiger charge is -2.28. The lowest BCUT2D eigenvalue weighted by atomic mass is 9.99. The van der Waals surface area contributed by atoms with Gasteiger partial charge in [-0.1, -0.05) is 59.6 Å². The third-order valence-electron chi connectivity index (χ3n) is 4.70. The number of nitrogens with zero attached hydrogens (tertiary/aromatic N) is 1. The Bertz CT molecular complexity index is 1090. The standard InChI is InChI=1S/C25H21ClN2/c1-18-10-15-25(24(16-18)19-6-3-2-4-7-19)28(22-13-11-21(27)12-14-22)23-9-5-8-20(26)17-23/h2-17H,27H2,1H3. The third-order valence-corrected chi connectivity index (χ3v) is 4.93. The number of aryl methyl sites for hydroxylation is 1. The zero-order chi connectivity index (χ0) is 19.5. The van der Waals surface area contributed by atoms with E-state index in [4.69, 9.17) is 17.3 Å². The first-order chi connectivity index (χ1) is 13.6. The normalized spacial score (nSPS) is 10.6. The minimum Gasteiger partial charge on any atom is -0.399 e. The molecule has 3 heteroatoms. The van der Waals surface area contributed by atoms with E-state index in [0.717, 1.165) is 28.3 Å². The van der Waals surface area contributed by atoms with E-state index in [9.17, 15) is 0 Å². The van der Waals surface area contributed by atoms with E-state index in [-0.39, 0.29) is 0 Å². The lowest BCUT2D eigenvalue weighted by Crippen LogP contribution is -2.11. The highest BCUT2D eigenvalue weighted by Gasteiger charge is 2.17. The summed E-state index contributed by atoms with van der Waals surface area (Å²) in [5.41, 5.74) is 13.3. The van der Waals surface area contributed by atoms with Crippen LogP contribution < -0.4 is 10.6 Å². The highest BCUT2D eigenvalue weighted by atomic mass is 35.5. The van der Waals surface area contributed by atoms with Crippen molar-refractivity contribution in [2.24, 2.45) is 0 Å². The van der Waals surface area contributed by atoms with Gasteiger partial charge in [0.15, 0.2) is 0 Å². The fraction of sp³-hybridized carbons (Fsp3) is 0.0400. The second-order valence-electron chi connectivity index (χ2n) is 6.79. The minimum atomic E-state index is 0.700. The Morgan fingerprint density at radius 1 is 0.714 bits per heavy atom. The second kappa shape index (κ2) is 7.79. The molecule has 28 heavy (non-hydrogen) atoms. The number of anilines is 4. The van der Waals surface area contributed by atoms with Gasteiger partial charge in [-0.25, -0.2) is 0 Å². The maximum Gasteiger partial charge on any atom is 0.0540 e. The van der Waals surface area contributed by atoms with Crippen molar-refractivity contribution in [2.45, 2.75) is 6.92 Å². The molecular formula is C25H21ClN2. The Morgan fingerprint density at radius 3 is 2.18 bits per heavy atom. The molecule has 0 aliphatic rings. The van der Waals surface area contributed by atoms with E-state index in [2.05, 4.69) is 60.4 Å². The summed E-state index contributed by atoms with van der Waals surface area (Å²) in [6.07, 6.45) is 0. The zero-order valence-electron chi connectivity index (χ0n) is 15.6. The molecule has 2 nitrogen and oxygen atoms in total. The van der Waals surface area contributed by atoms with Gasteiger partial charge in [-0.05, 0) is 67.1 Å². The van der Waals surface area contributed by atoms with Gasteiger partial charge in [0.05, 0.1) is 5.69 Å². The number of benzene rings is 4. The number of hydrogen-bond acceptors (Lipinski definition) is 2. The van der Waals surface area contributed by atoms with E-state index in [1.165, 1.54) is 11.1 Å². The molecule has 0 aliphatic carbocycles. The molecule has 0 unspecified atom stereocenters. The fourth-order valence-electron chi connectivity index (χ4n) is 3.36. The first kappa shape index (κ1) is 18.1. The SMILES string of the molecule is Cc1ccc(N(c2ccc(N)cc2)c2cccc(Cl)c2)c(-c2ccccc2)c1. The Balaban J connectivity index is 1.96. The van der Waals surface area contributed by atoms with Crippen molar-refractivity contribution in [1.29, 1.82) is 0 Å². The monoisotopic (exact) mass is 384 g/mol. The number of rotatable bonds is 4. The summed E-state index contributed by atoms with van der Waals surface area (Å²) in [6.45, 7) is 2.11. The van der Waals surface area contributed by atoms with Crippen LogP contribution in [0.15, 0.2) is 97.1 Å². The van der Waals surface area contributed by atoms with Crippen LogP contribution >= 0.6 is 11.6 Å². The van der Waals surface area contributed by atoms with Gasteiger partial charge < -0.3 is 10.6 Å². The van der Waals surface area contributed by atoms with E-state index >= 15 is 0 Å². The van der Waals surface area contributed by atoms with E-state index in [0.29, 0.717) is 5.02 Å². The van der Waals surface area contributed by atoms with E-state index in [1.807, 2.05) is 48.5 Å². The summed E-state index contributed by atoms with van der Waals surface area (Å²) in [5, 5.41) is 0.700. The number of hydrogen-bond donors (Lipinski definition) is 1. The molecular weight excluding hydrogens is 364 g/mol. The van der Waals surface area contributed by atoms with Crippen LogP contribution in [0.2, 0.25) is 5.02 Å². The van der Waals surface area contributed by atoms with Gasteiger partial charge >= 0.3 is 0 Å². The average Bonchev–Trinajstić information content (AvgIpc) is 2.71. The van der Waals surface area contributed by atoms with Gasteiger partial charge in [0.25, 0.3) is 0 Å². The third kappa shape index (κ3) is 3.73. The minimum absolute atomic E-state index is 0.700. The molecule has 4 aromatic rings. The van der Waals surface area contributed by atoms with Crippen LogP contribution in [0.3, 0.4) is 0 Å². The van der Waals surface area contributed by atoms with Gasteiger partial charge in [0.2, 0.25) is 0 Å². The zero-order valence-corrected chi connectivity index (χ0v) is 16.4. The molecule has 0 fully saturated rings. The van der Waals surface area contributed by atoms with Crippen molar-refractivity contribution in [3.05, 3.63) is 108 Å². The van der Waals surface area contributed by atoms with Crippen molar-refractivity contribution in [2.75, 3.05) is 10.6 Å². The largest absolute Gasteiger partial charge is 0.399 e. The van der Waals surface area contributed by atoms with Crippen LogP contribution in [0.25, 0.3) is 11.1 Å². The van der Waals surface area contributed by atoms with Crippen LogP contribution in [0.1, 0.15) is 5.56 Å². The molecule has 2 N–H and O–H groups in total. The molecule has 0 saturated heterocycles. The average molecular weight is 385 g/mol. The topological polar surface area (TPSA) is 29.3 Å². The molecule has 0 spiro atoms. The van der Waals surface area contributed by atoms with Crippen molar-refractivity contribution in [1.82, 2.24) is 0 Å². The summed E-state index contributed by atoms with van der Waals surface area (Å²) in [6, 6.07) is 32.8. The number of nitrogen functional groups attached to an aromatic ring is 1. The van der Waals surface area contributed by atoms with Gasteiger partial charge in [-0.15, -0.1) is 0 Å². The molecule has 0 atom stereocenters. The number of nitrogens with two attached hydrogens (primary N) is 1. The predicted molar refractivity (Wildman–Crippen MR) is 121 cm³/mol. The first-order valence-electron chi connectivity index (χ1n) is 9.19. The van der Waals surface area contributed by atoms with E-state index < -0.39 is 0 Å². The summed E-state index contributed by atoms with van der Waals surface area (Å²) in [5.74, 6) is 0. The highest BCUT2D eigenvalue weighted by Crippen LogP contribution is 2.41. The lowest BCUT2D eigenvalue weighted by molar-refractivity contribution is 1.28. The molecule has 0 aliphatic heterocycles. The summed E-state index contributed by atoms with van der Waals surface area (Å²) in [4.78, 5) is 2.22. The van der Waals surface area contributed by atoms with Crippen molar-refractivity contribution >= 4 is 34.4 Å². The van der Waals surface area contributed by atoms with Crippen LogP contribution in [0.5, 0.6) is 0 Å². The smallest absolute Gasteiger partial charge is 0.0540 e. The Hall–Kier alpha value is -3.23. The number of halogens is 1. The van der Waals surface area contributed by atoms with Gasteiger partial charge in [0, 0.05) is 27.6 Å². The van der Waals surface area contributed by atoms with Crippen molar-refractivity contribution in [3.8, 4) is 11.1 Å². The molecule has 138 valence electrons. The van der Waals surface area contributed by atoms with Crippen molar-refractivity contribution < 1.29 is 0 Å². The van der Waals surface area contributed by atoms with Gasteiger partial charge in [-0.3, -0.25) is 0 Å². The first-order valence-corrected chi connectivity index (χ1v) is 9.57. The van der Waals surface area contributed by atoms with Crippen LogP contribution in [0, 0.1) is 6.92 Å². The Kier molecular flexibility index (Phi) is 5.05. The molecule has 0 radical (unpaired) electrons. The van der Waals surface area contributed by atoms with Crippen LogP contribution in [-0.4, -0.2) is 0 Å². The summed E-state index contributed by atoms with van der Waals surface area (Å²) >= 11 is 6.32.